The first kappa shape index (κ1) is 12.9. The third-order valence-corrected chi connectivity index (χ3v) is 2.52. The maximum absolute atomic E-state index is 5.66. The summed E-state index contributed by atoms with van der Waals surface area (Å²) in [5.41, 5.74) is 5.66. The summed E-state index contributed by atoms with van der Waals surface area (Å²) in [7, 11) is 0. The lowest BCUT2D eigenvalue weighted by molar-refractivity contribution is 0.112. The lowest BCUT2D eigenvalue weighted by Crippen LogP contribution is -2.21. The van der Waals surface area contributed by atoms with Crippen LogP contribution in [0, 0.1) is 11.8 Å². The van der Waals surface area contributed by atoms with Crippen LogP contribution in [0.1, 0.15) is 40.0 Å². The van der Waals surface area contributed by atoms with Gasteiger partial charge in [-0.15, -0.1) is 0 Å². The largest absolute Gasteiger partial charge is 0.381 e. The summed E-state index contributed by atoms with van der Waals surface area (Å²) < 4.78 is 5.50. The van der Waals surface area contributed by atoms with Crippen LogP contribution in [0.4, 0.5) is 0 Å². The maximum Gasteiger partial charge on any atom is 0.0469 e. The number of rotatable bonds is 8. The van der Waals surface area contributed by atoms with Crippen LogP contribution in [0.15, 0.2) is 0 Å². The predicted molar refractivity (Wildman–Crippen MR) is 57.7 cm³/mol. The fourth-order valence-electron chi connectivity index (χ4n) is 1.31. The Balaban J connectivity index is 3.28. The van der Waals surface area contributed by atoms with Crippen LogP contribution in [-0.4, -0.2) is 19.8 Å². The summed E-state index contributed by atoms with van der Waals surface area (Å²) in [5.74, 6) is 1.31. The van der Waals surface area contributed by atoms with Gasteiger partial charge in [-0.25, -0.2) is 0 Å². The van der Waals surface area contributed by atoms with E-state index in [-0.39, 0.29) is 0 Å². The molecule has 2 N–H and O–H groups in total. The summed E-state index contributed by atoms with van der Waals surface area (Å²) >= 11 is 0. The van der Waals surface area contributed by atoms with Crippen molar-refractivity contribution in [3.05, 3.63) is 0 Å². The van der Waals surface area contributed by atoms with Crippen LogP contribution in [0.3, 0.4) is 0 Å². The van der Waals surface area contributed by atoms with Crippen molar-refractivity contribution < 1.29 is 4.74 Å². The van der Waals surface area contributed by atoms with Gasteiger partial charge < -0.3 is 10.5 Å². The molecule has 2 heteroatoms. The Morgan fingerprint density at radius 2 is 1.92 bits per heavy atom. The summed E-state index contributed by atoms with van der Waals surface area (Å²) in [6.07, 6.45) is 3.50. The fourth-order valence-corrected chi connectivity index (χ4v) is 1.31. The van der Waals surface area contributed by atoms with E-state index < -0.39 is 0 Å². The highest BCUT2D eigenvalue weighted by Crippen LogP contribution is 2.13. The highest BCUT2D eigenvalue weighted by Gasteiger charge is 2.10. The minimum absolute atomic E-state index is 0.627. The van der Waals surface area contributed by atoms with Crippen molar-refractivity contribution in [2.24, 2.45) is 17.6 Å². The van der Waals surface area contributed by atoms with Gasteiger partial charge in [0, 0.05) is 13.2 Å². The highest BCUT2D eigenvalue weighted by atomic mass is 16.5. The molecular formula is C11H25NO. The second kappa shape index (κ2) is 8.52. The molecule has 0 aliphatic carbocycles. The molecule has 0 saturated carbocycles. The topological polar surface area (TPSA) is 35.2 Å². The monoisotopic (exact) mass is 187 g/mol. The molecule has 2 nitrogen and oxygen atoms in total. The first-order valence-corrected chi connectivity index (χ1v) is 5.50. The molecule has 0 rings (SSSR count). The number of hydrogen-bond donors (Lipinski definition) is 1. The van der Waals surface area contributed by atoms with Crippen molar-refractivity contribution in [1.82, 2.24) is 0 Å². The van der Waals surface area contributed by atoms with Crippen molar-refractivity contribution >= 4 is 0 Å². The Hall–Kier alpha value is -0.0800. The number of nitrogens with two attached hydrogens (primary N) is 1. The molecule has 0 aliphatic rings. The van der Waals surface area contributed by atoms with Gasteiger partial charge in [-0.1, -0.05) is 27.2 Å². The van der Waals surface area contributed by atoms with E-state index in [0.717, 1.165) is 26.2 Å². The van der Waals surface area contributed by atoms with Crippen LogP contribution in [-0.2, 0) is 4.74 Å². The van der Waals surface area contributed by atoms with Crippen molar-refractivity contribution in [1.29, 1.82) is 0 Å². The minimum Gasteiger partial charge on any atom is -0.381 e. The first-order chi connectivity index (χ1) is 6.22. The van der Waals surface area contributed by atoms with E-state index in [9.17, 15) is 0 Å². The molecule has 1 unspecified atom stereocenters. The third-order valence-electron chi connectivity index (χ3n) is 2.52. The zero-order valence-corrected chi connectivity index (χ0v) is 9.38. The zero-order chi connectivity index (χ0) is 10.1. The lowest BCUT2D eigenvalue weighted by atomic mass is 9.93. The molecule has 13 heavy (non-hydrogen) atoms. The van der Waals surface area contributed by atoms with E-state index in [1.54, 1.807) is 0 Å². The van der Waals surface area contributed by atoms with Gasteiger partial charge in [0.15, 0.2) is 0 Å². The van der Waals surface area contributed by atoms with Gasteiger partial charge in [-0.3, -0.25) is 0 Å². The minimum atomic E-state index is 0.627. The first-order valence-electron chi connectivity index (χ1n) is 5.50. The van der Waals surface area contributed by atoms with Crippen molar-refractivity contribution in [2.45, 2.75) is 40.0 Å². The van der Waals surface area contributed by atoms with Crippen LogP contribution in [0.5, 0.6) is 0 Å². The van der Waals surface area contributed by atoms with E-state index in [4.69, 9.17) is 10.5 Å². The lowest BCUT2D eigenvalue weighted by Gasteiger charge is -2.18. The van der Waals surface area contributed by atoms with Gasteiger partial charge in [-0.2, -0.15) is 0 Å². The van der Waals surface area contributed by atoms with Gasteiger partial charge in [0.2, 0.25) is 0 Å². The van der Waals surface area contributed by atoms with Crippen molar-refractivity contribution in [3.63, 3.8) is 0 Å². The second-order valence-corrected chi connectivity index (χ2v) is 3.99. The molecule has 80 valence electrons. The Labute approximate surface area is 82.8 Å². The molecule has 0 saturated heterocycles. The van der Waals surface area contributed by atoms with Crippen molar-refractivity contribution in [3.8, 4) is 0 Å². The molecule has 0 spiro atoms. The molecule has 0 amide bonds. The Bertz CT molecular complexity index is 104. The predicted octanol–water partition coefficient (Wildman–Crippen LogP) is 2.42. The third kappa shape index (κ3) is 7.03. The maximum atomic E-state index is 5.66. The summed E-state index contributed by atoms with van der Waals surface area (Å²) in [6.45, 7) is 9.20. The fraction of sp³-hybridized carbons (Fsp3) is 1.00. The standard InChI is InChI=1S/C11H25NO/c1-4-5-7-13-8-6-11(9-12)10(2)3/h10-11H,4-9,12H2,1-3H3. The smallest absolute Gasteiger partial charge is 0.0469 e. The average Bonchev–Trinajstić information content (AvgIpc) is 2.10. The van der Waals surface area contributed by atoms with Crippen LogP contribution >= 0.6 is 0 Å². The van der Waals surface area contributed by atoms with Crippen molar-refractivity contribution in [2.75, 3.05) is 19.8 Å². The van der Waals surface area contributed by atoms with Crippen LogP contribution < -0.4 is 5.73 Å². The highest BCUT2D eigenvalue weighted by molar-refractivity contribution is 4.63. The molecule has 0 fully saturated rings. The molecule has 0 aromatic heterocycles. The van der Waals surface area contributed by atoms with Gasteiger partial charge >= 0.3 is 0 Å². The Morgan fingerprint density at radius 3 is 2.38 bits per heavy atom. The number of unbranched alkanes of at least 4 members (excludes halogenated alkanes) is 1. The molecule has 0 bridgehead atoms. The van der Waals surface area contributed by atoms with Gasteiger partial charge in [0.05, 0.1) is 0 Å². The van der Waals surface area contributed by atoms with Crippen LogP contribution in [0.25, 0.3) is 0 Å². The summed E-state index contributed by atoms with van der Waals surface area (Å²) in [4.78, 5) is 0. The van der Waals surface area contributed by atoms with Gasteiger partial charge in [0.25, 0.3) is 0 Å². The molecule has 0 radical (unpaired) electrons. The molecule has 1 atom stereocenters. The molecular weight excluding hydrogens is 162 g/mol. The quantitative estimate of drug-likeness (QED) is 0.592. The Morgan fingerprint density at radius 1 is 1.23 bits per heavy atom. The average molecular weight is 187 g/mol. The number of hydrogen-bond acceptors (Lipinski definition) is 2. The Kier molecular flexibility index (Phi) is 8.46. The van der Waals surface area contributed by atoms with E-state index in [1.807, 2.05) is 0 Å². The molecule has 0 aromatic carbocycles. The summed E-state index contributed by atoms with van der Waals surface area (Å²) in [5, 5.41) is 0. The van der Waals surface area contributed by atoms with Crippen LogP contribution in [0.2, 0.25) is 0 Å². The number of ether oxygens (including phenoxy) is 1. The normalized spacial score (nSPS) is 13.6. The van der Waals surface area contributed by atoms with E-state index >= 15 is 0 Å². The SMILES string of the molecule is CCCCOCCC(CN)C(C)C. The summed E-state index contributed by atoms with van der Waals surface area (Å²) in [6, 6.07) is 0. The second-order valence-electron chi connectivity index (χ2n) is 3.99. The molecule has 0 heterocycles. The van der Waals surface area contributed by atoms with Gasteiger partial charge in [-0.05, 0) is 31.2 Å². The van der Waals surface area contributed by atoms with E-state index in [0.29, 0.717) is 11.8 Å². The molecule has 0 aromatic rings. The van der Waals surface area contributed by atoms with Gasteiger partial charge in [0.1, 0.15) is 0 Å². The van der Waals surface area contributed by atoms with E-state index in [1.165, 1.54) is 12.8 Å². The zero-order valence-electron chi connectivity index (χ0n) is 9.38. The van der Waals surface area contributed by atoms with E-state index in [2.05, 4.69) is 20.8 Å². The molecule has 0 aliphatic heterocycles.